The molecule has 15 heavy (non-hydrogen) atoms. The average Bonchev–Trinajstić information content (AvgIpc) is 2.62. The molecule has 0 fully saturated rings. The summed E-state index contributed by atoms with van der Waals surface area (Å²) in [6, 6.07) is 4.04. The van der Waals surface area contributed by atoms with E-state index in [0.29, 0.717) is 12.5 Å². The fraction of sp³-hybridized carbons (Fsp3) is 0.385. The molecular weight excluding hydrogens is 188 g/mol. The van der Waals surface area contributed by atoms with Gasteiger partial charge >= 0.3 is 0 Å². The highest BCUT2D eigenvalue weighted by molar-refractivity contribution is 5.69. The molecule has 0 bridgehead atoms. The Bertz CT molecular complexity index is 394. The lowest BCUT2D eigenvalue weighted by atomic mass is 10.0. The van der Waals surface area contributed by atoms with E-state index in [-0.39, 0.29) is 0 Å². The van der Waals surface area contributed by atoms with Crippen LogP contribution in [0.15, 0.2) is 18.2 Å². The van der Waals surface area contributed by atoms with Gasteiger partial charge in [0.1, 0.15) is 0 Å². The third-order valence-corrected chi connectivity index (χ3v) is 2.72. The fourth-order valence-electron chi connectivity index (χ4n) is 2.01. The van der Waals surface area contributed by atoms with E-state index >= 15 is 0 Å². The summed E-state index contributed by atoms with van der Waals surface area (Å²) < 4.78 is 11.0. The molecule has 0 heterocycles. The van der Waals surface area contributed by atoms with Gasteiger partial charge in [0.25, 0.3) is 0 Å². The minimum atomic E-state index is 0.414. The smallest absolute Gasteiger partial charge is 0.165 e. The van der Waals surface area contributed by atoms with Crippen molar-refractivity contribution in [2.24, 2.45) is 0 Å². The van der Waals surface area contributed by atoms with Crippen molar-refractivity contribution in [2.45, 2.75) is 19.8 Å². The highest BCUT2D eigenvalue weighted by atomic mass is 16.5. The first kappa shape index (κ1) is 10.1. The Hall–Kier alpha value is -1.44. The second-order valence-corrected chi connectivity index (χ2v) is 3.68. The van der Waals surface area contributed by atoms with Crippen LogP contribution in [0.25, 0.3) is 6.08 Å². The highest BCUT2D eigenvalue weighted by Crippen LogP contribution is 2.42. The third-order valence-electron chi connectivity index (χ3n) is 2.72. The second-order valence-electron chi connectivity index (χ2n) is 3.68. The number of hydrogen-bond acceptors (Lipinski definition) is 2. The van der Waals surface area contributed by atoms with Crippen molar-refractivity contribution in [3.63, 3.8) is 0 Å². The molecule has 2 heteroatoms. The summed E-state index contributed by atoms with van der Waals surface area (Å²) in [4.78, 5) is 0. The van der Waals surface area contributed by atoms with Gasteiger partial charge in [-0.1, -0.05) is 25.1 Å². The van der Waals surface area contributed by atoms with Crippen molar-refractivity contribution in [3.8, 4) is 11.5 Å². The lowest BCUT2D eigenvalue weighted by Gasteiger charge is -2.16. The van der Waals surface area contributed by atoms with Crippen molar-refractivity contribution in [1.29, 1.82) is 0 Å². The van der Waals surface area contributed by atoms with Crippen LogP contribution in [-0.4, -0.2) is 13.7 Å². The molecule has 0 amide bonds. The van der Waals surface area contributed by atoms with E-state index in [1.807, 2.05) is 13.0 Å². The van der Waals surface area contributed by atoms with Crippen molar-refractivity contribution in [2.75, 3.05) is 13.7 Å². The molecule has 1 aliphatic carbocycles. The summed E-state index contributed by atoms with van der Waals surface area (Å²) in [6.07, 6.45) is 4.33. The fourth-order valence-corrected chi connectivity index (χ4v) is 2.01. The molecular formula is C13H16O2. The van der Waals surface area contributed by atoms with E-state index < -0.39 is 0 Å². The summed E-state index contributed by atoms with van der Waals surface area (Å²) >= 11 is 0. The van der Waals surface area contributed by atoms with Crippen LogP contribution in [0.2, 0.25) is 0 Å². The SMILES string of the molecule is CCOc1c(OC)ccc2c1C(C)C=C2. The minimum absolute atomic E-state index is 0.414. The maximum absolute atomic E-state index is 5.68. The topological polar surface area (TPSA) is 18.5 Å². The van der Waals surface area contributed by atoms with E-state index in [0.717, 1.165) is 11.5 Å². The van der Waals surface area contributed by atoms with Crippen molar-refractivity contribution >= 4 is 6.08 Å². The zero-order valence-corrected chi connectivity index (χ0v) is 9.41. The molecule has 80 valence electrons. The van der Waals surface area contributed by atoms with Gasteiger partial charge in [0.2, 0.25) is 0 Å². The Morgan fingerprint density at radius 3 is 2.80 bits per heavy atom. The largest absolute Gasteiger partial charge is 0.493 e. The van der Waals surface area contributed by atoms with E-state index in [4.69, 9.17) is 9.47 Å². The molecule has 0 N–H and O–H groups in total. The predicted octanol–water partition coefficient (Wildman–Crippen LogP) is 3.22. The van der Waals surface area contributed by atoms with Gasteiger partial charge in [-0.05, 0) is 18.6 Å². The van der Waals surface area contributed by atoms with Crippen molar-refractivity contribution in [1.82, 2.24) is 0 Å². The molecule has 1 aromatic rings. The van der Waals surface area contributed by atoms with Gasteiger partial charge in [-0.25, -0.2) is 0 Å². The highest BCUT2D eigenvalue weighted by Gasteiger charge is 2.21. The Labute approximate surface area is 90.5 Å². The first-order chi connectivity index (χ1) is 7.27. The van der Waals surface area contributed by atoms with E-state index in [2.05, 4.69) is 25.1 Å². The summed E-state index contributed by atoms with van der Waals surface area (Å²) in [7, 11) is 1.68. The molecule has 1 atom stereocenters. The lowest BCUT2D eigenvalue weighted by molar-refractivity contribution is 0.307. The first-order valence-electron chi connectivity index (χ1n) is 5.29. The Balaban J connectivity index is 2.53. The number of hydrogen-bond donors (Lipinski definition) is 0. The Kier molecular flexibility index (Phi) is 2.67. The van der Waals surface area contributed by atoms with Crippen LogP contribution in [0.3, 0.4) is 0 Å². The molecule has 2 rings (SSSR count). The molecule has 1 aromatic carbocycles. The molecule has 1 aliphatic rings. The Morgan fingerprint density at radius 2 is 2.13 bits per heavy atom. The predicted molar refractivity (Wildman–Crippen MR) is 61.6 cm³/mol. The number of rotatable bonds is 3. The number of ether oxygens (including phenoxy) is 2. The molecule has 1 unspecified atom stereocenters. The molecule has 2 nitrogen and oxygen atoms in total. The molecule has 0 spiro atoms. The first-order valence-corrected chi connectivity index (χ1v) is 5.29. The zero-order chi connectivity index (χ0) is 10.8. The van der Waals surface area contributed by atoms with Crippen LogP contribution in [-0.2, 0) is 0 Å². The average molecular weight is 204 g/mol. The van der Waals surface area contributed by atoms with Crippen LogP contribution in [0.1, 0.15) is 30.9 Å². The minimum Gasteiger partial charge on any atom is -0.493 e. The summed E-state index contributed by atoms with van der Waals surface area (Å²) in [5, 5.41) is 0. The summed E-state index contributed by atoms with van der Waals surface area (Å²) in [5.74, 6) is 2.14. The maximum Gasteiger partial charge on any atom is 0.165 e. The second kappa shape index (κ2) is 3.97. The standard InChI is InChI=1S/C13H16O2/c1-4-15-13-11(14-3)8-7-10-6-5-9(2)12(10)13/h5-9H,4H2,1-3H3. The lowest BCUT2D eigenvalue weighted by Crippen LogP contribution is -2.01. The summed E-state index contributed by atoms with van der Waals surface area (Å²) in [6.45, 7) is 4.83. The van der Waals surface area contributed by atoms with Gasteiger partial charge in [-0.15, -0.1) is 0 Å². The molecule has 0 radical (unpaired) electrons. The van der Waals surface area contributed by atoms with Crippen LogP contribution < -0.4 is 9.47 Å². The van der Waals surface area contributed by atoms with Gasteiger partial charge in [0.05, 0.1) is 13.7 Å². The van der Waals surface area contributed by atoms with E-state index in [1.165, 1.54) is 11.1 Å². The van der Waals surface area contributed by atoms with Crippen LogP contribution in [0.4, 0.5) is 0 Å². The van der Waals surface area contributed by atoms with Gasteiger partial charge < -0.3 is 9.47 Å². The van der Waals surface area contributed by atoms with Gasteiger partial charge in [0.15, 0.2) is 11.5 Å². The van der Waals surface area contributed by atoms with E-state index in [1.54, 1.807) is 7.11 Å². The number of fused-ring (bicyclic) bond motifs is 1. The monoisotopic (exact) mass is 204 g/mol. The van der Waals surface area contributed by atoms with Crippen LogP contribution in [0, 0.1) is 0 Å². The van der Waals surface area contributed by atoms with Crippen molar-refractivity contribution in [3.05, 3.63) is 29.3 Å². The van der Waals surface area contributed by atoms with Gasteiger partial charge in [-0.2, -0.15) is 0 Å². The van der Waals surface area contributed by atoms with Crippen LogP contribution in [0.5, 0.6) is 11.5 Å². The molecule has 0 aromatic heterocycles. The van der Waals surface area contributed by atoms with E-state index in [9.17, 15) is 0 Å². The number of methoxy groups -OCH3 is 1. The Morgan fingerprint density at radius 1 is 1.33 bits per heavy atom. The molecule has 0 saturated carbocycles. The quantitative estimate of drug-likeness (QED) is 0.752. The van der Waals surface area contributed by atoms with Crippen molar-refractivity contribution < 1.29 is 9.47 Å². The maximum atomic E-state index is 5.68. The van der Waals surface area contributed by atoms with Crippen LogP contribution >= 0.6 is 0 Å². The summed E-state index contributed by atoms with van der Waals surface area (Å²) in [5.41, 5.74) is 2.49. The third kappa shape index (κ3) is 1.60. The molecule has 0 saturated heterocycles. The normalized spacial score (nSPS) is 17.7. The molecule has 0 aliphatic heterocycles. The van der Waals surface area contributed by atoms with Gasteiger partial charge in [-0.3, -0.25) is 0 Å². The number of benzene rings is 1. The van der Waals surface area contributed by atoms with Gasteiger partial charge in [0, 0.05) is 11.5 Å². The zero-order valence-electron chi connectivity index (χ0n) is 9.41. The number of allylic oxidation sites excluding steroid dienone is 1.